The van der Waals surface area contributed by atoms with Crippen LogP contribution in [0.15, 0.2) is 48.1 Å². The highest BCUT2D eigenvalue weighted by Crippen LogP contribution is 2.31. The van der Waals surface area contributed by atoms with Gasteiger partial charge in [0.1, 0.15) is 12.0 Å². The lowest BCUT2D eigenvalue weighted by molar-refractivity contribution is -0.132. The van der Waals surface area contributed by atoms with Gasteiger partial charge in [-0.25, -0.2) is 9.48 Å². The maximum atomic E-state index is 11.0. The number of aliphatic hydroxyl groups is 1. The summed E-state index contributed by atoms with van der Waals surface area (Å²) >= 11 is 0. The highest BCUT2D eigenvalue weighted by atomic mass is 16.5. The molecule has 0 saturated carbocycles. The Morgan fingerprint density at radius 3 is 2.72 bits per heavy atom. The molecule has 2 unspecified atom stereocenters. The molecule has 0 saturated heterocycles. The zero-order chi connectivity index (χ0) is 21.6. The predicted molar refractivity (Wildman–Crippen MR) is 112 cm³/mol. The number of rotatable bonds is 9. The molecule has 7 heteroatoms. The second kappa shape index (κ2) is 10.0. The van der Waals surface area contributed by atoms with Crippen LogP contribution in [-0.4, -0.2) is 32.5 Å². The Balaban J connectivity index is 2.10. The minimum Gasteiger partial charge on any atom is -0.478 e. The van der Waals surface area contributed by atoms with Crippen molar-refractivity contribution in [1.29, 1.82) is 0 Å². The van der Waals surface area contributed by atoms with E-state index in [4.69, 9.17) is 9.84 Å². The van der Waals surface area contributed by atoms with Crippen molar-refractivity contribution in [2.75, 3.05) is 6.54 Å². The molecule has 29 heavy (non-hydrogen) atoms. The largest absolute Gasteiger partial charge is 0.478 e. The number of aryl methyl sites for hydroxylation is 3. The van der Waals surface area contributed by atoms with Crippen LogP contribution >= 0.6 is 0 Å². The van der Waals surface area contributed by atoms with Gasteiger partial charge >= 0.3 is 5.97 Å². The van der Waals surface area contributed by atoms with Crippen LogP contribution in [0.3, 0.4) is 0 Å². The van der Waals surface area contributed by atoms with Gasteiger partial charge in [0.2, 0.25) is 5.88 Å². The number of aliphatic carboxylic acids is 1. The molecule has 1 aromatic heterocycles. The molecule has 1 aromatic carbocycles. The number of carbonyl (C=O) groups is 1. The van der Waals surface area contributed by atoms with E-state index < -0.39 is 12.2 Å². The number of aliphatic hydroxyl groups excluding tert-OH is 1. The summed E-state index contributed by atoms with van der Waals surface area (Å²) in [6.07, 6.45) is 3.94. The average Bonchev–Trinajstić information content (AvgIpc) is 2.93. The normalized spacial score (nSPS) is 14.2. The SMILES string of the molecule is C/C=C(\C=C/C(C)CNC(O)c1c(C)nn(C)c1Oc1cccc(C)c1)C(=O)O. The third-order valence-electron chi connectivity index (χ3n) is 4.49. The van der Waals surface area contributed by atoms with Crippen LogP contribution in [-0.2, 0) is 11.8 Å². The van der Waals surface area contributed by atoms with E-state index in [1.807, 2.05) is 45.0 Å². The quantitative estimate of drug-likeness (QED) is 0.338. The number of carboxylic acid groups (broad SMARTS) is 1. The Bertz CT molecular complexity index is 915. The number of nitrogens with one attached hydrogen (secondary N) is 1. The maximum Gasteiger partial charge on any atom is 0.335 e. The molecule has 0 aliphatic carbocycles. The van der Waals surface area contributed by atoms with E-state index in [-0.39, 0.29) is 11.5 Å². The molecule has 2 aromatic rings. The lowest BCUT2D eigenvalue weighted by atomic mass is 10.1. The Hall–Kier alpha value is -2.90. The van der Waals surface area contributed by atoms with Gasteiger partial charge in [-0.2, -0.15) is 5.10 Å². The van der Waals surface area contributed by atoms with E-state index in [1.54, 1.807) is 36.9 Å². The van der Waals surface area contributed by atoms with Gasteiger partial charge < -0.3 is 14.9 Å². The summed E-state index contributed by atoms with van der Waals surface area (Å²) in [6, 6.07) is 7.66. The fraction of sp³-hybridized carbons (Fsp3) is 0.364. The number of aromatic nitrogens is 2. The van der Waals surface area contributed by atoms with Crippen LogP contribution in [0.1, 0.15) is 36.9 Å². The molecule has 0 bridgehead atoms. The summed E-state index contributed by atoms with van der Waals surface area (Å²) < 4.78 is 7.61. The average molecular weight is 399 g/mol. The Labute approximate surface area is 171 Å². The van der Waals surface area contributed by atoms with Gasteiger partial charge in [-0.3, -0.25) is 5.32 Å². The van der Waals surface area contributed by atoms with Gasteiger partial charge in [0, 0.05) is 13.6 Å². The van der Waals surface area contributed by atoms with E-state index in [0.717, 1.165) is 5.56 Å². The smallest absolute Gasteiger partial charge is 0.335 e. The minimum atomic E-state index is -0.972. The van der Waals surface area contributed by atoms with Gasteiger partial charge in [-0.15, -0.1) is 0 Å². The molecule has 1 heterocycles. The molecule has 0 aliphatic heterocycles. The van der Waals surface area contributed by atoms with E-state index in [9.17, 15) is 9.90 Å². The Morgan fingerprint density at radius 1 is 1.38 bits per heavy atom. The first-order valence-corrected chi connectivity index (χ1v) is 9.50. The molecule has 3 N–H and O–H groups in total. The molecule has 0 radical (unpaired) electrons. The molecule has 0 amide bonds. The lowest BCUT2D eigenvalue weighted by Gasteiger charge is -2.17. The Kier molecular flexibility index (Phi) is 7.75. The lowest BCUT2D eigenvalue weighted by Crippen LogP contribution is -2.26. The monoisotopic (exact) mass is 399 g/mol. The molecule has 0 spiro atoms. The predicted octanol–water partition coefficient (Wildman–Crippen LogP) is 3.63. The van der Waals surface area contributed by atoms with Crippen molar-refractivity contribution in [2.24, 2.45) is 13.0 Å². The number of hydrogen-bond donors (Lipinski definition) is 3. The van der Waals surface area contributed by atoms with Gasteiger partial charge in [-0.1, -0.05) is 37.3 Å². The summed E-state index contributed by atoms with van der Waals surface area (Å²) in [7, 11) is 1.77. The second-order valence-electron chi connectivity index (χ2n) is 7.04. The van der Waals surface area contributed by atoms with Crippen molar-refractivity contribution >= 4 is 5.97 Å². The highest BCUT2D eigenvalue weighted by Gasteiger charge is 2.22. The number of carboxylic acids is 1. The molecule has 2 atom stereocenters. The van der Waals surface area contributed by atoms with Crippen LogP contribution in [0.2, 0.25) is 0 Å². The summed E-state index contributed by atoms with van der Waals surface area (Å²) in [6.45, 7) is 7.87. The highest BCUT2D eigenvalue weighted by molar-refractivity contribution is 5.89. The topological polar surface area (TPSA) is 96.6 Å². The van der Waals surface area contributed by atoms with Crippen LogP contribution in [0.25, 0.3) is 0 Å². The van der Waals surface area contributed by atoms with Crippen LogP contribution in [0, 0.1) is 19.8 Å². The van der Waals surface area contributed by atoms with Crippen molar-refractivity contribution < 1.29 is 19.7 Å². The molecule has 0 aliphatic rings. The van der Waals surface area contributed by atoms with Crippen molar-refractivity contribution in [3.63, 3.8) is 0 Å². The zero-order valence-corrected chi connectivity index (χ0v) is 17.5. The first-order valence-electron chi connectivity index (χ1n) is 9.50. The van der Waals surface area contributed by atoms with Crippen LogP contribution in [0.4, 0.5) is 0 Å². The fourth-order valence-corrected chi connectivity index (χ4v) is 2.91. The Morgan fingerprint density at radius 2 is 2.10 bits per heavy atom. The summed E-state index contributed by atoms with van der Waals surface area (Å²) in [5.74, 6) is 0.189. The molecule has 156 valence electrons. The van der Waals surface area contributed by atoms with Crippen LogP contribution < -0.4 is 10.1 Å². The summed E-state index contributed by atoms with van der Waals surface area (Å²) in [5.41, 5.74) is 2.55. The van der Waals surface area contributed by atoms with Crippen molar-refractivity contribution in [3.05, 3.63) is 64.9 Å². The van der Waals surface area contributed by atoms with Crippen LogP contribution in [0.5, 0.6) is 11.6 Å². The first-order chi connectivity index (χ1) is 13.7. The molecular weight excluding hydrogens is 370 g/mol. The van der Waals surface area contributed by atoms with E-state index in [1.165, 1.54) is 0 Å². The number of ether oxygens (including phenoxy) is 1. The van der Waals surface area contributed by atoms with Gasteiger partial charge in [-0.05, 0) is 44.4 Å². The molecule has 7 nitrogen and oxygen atoms in total. The molecule has 2 rings (SSSR count). The third-order valence-corrected chi connectivity index (χ3v) is 4.49. The third kappa shape index (κ3) is 6.04. The number of hydrogen-bond acceptors (Lipinski definition) is 5. The standard InChI is InChI=1S/C22H29N3O4/c1-6-17(22(27)28)11-10-15(3)13-23-20(26)19-16(4)24-25(5)21(19)29-18-9-7-8-14(2)12-18/h6-12,15,20,23,26H,13H2,1-5H3,(H,27,28)/b11-10-,17-6+. The van der Waals surface area contributed by atoms with E-state index in [0.29, 0.717) is 29.4 Å². The second-order valence-corrected chi connectivity index (χ2v) is 7.04. The number of allylic oxidation sites excluding steroid dienone is 1. The molecule has 0 fully saturated rings. The van der Waals surface area contributed by atoms with Crippen molar-refractivity contribution in [1.82, 2.24) is 15.1 Å². The fourth-order valence-electron chi connectivity index (χ4n) is 2.91. The first kappa shape index (κ1) is 22.4. The number of benzene rings is 1. The maximum absolute atomic E-state index is 11.0. The minimum absolute atomic E-state index is 0.0112. The zero-order valence-electron chi connectivity index (χ0n) is 17.5. The van der Waals surface area contributed by atoms with Gasteiger partial charge in [0.25, 0.3) is 0 Å². The van der Waals surface area contributed by atoms with Crippen molar-refractivity contribution in [3.8, 4) is 11.6 Å². The van der Waals surface area contributed by atoms with Crippen molar-refractivity contribution in [2.45, 2.75) is 33.9 Å². The van der Waals surface area contributed by atoms with Gasteiger partial charge in [0.15, 0.2) is 0 Å². The van der Waals surface area contributed by atoms with E-state index >= 15 is 0 Å². The summed E-state index contributed by atoms with van der Waals surface area (Å²) in [4.78, 5) is 11.0. The van der Waals surface area contributed by atoms with E-state index in [2.05, 4.69) is 10.4 Å². The summed E-state index contributed by atoms with van der Waals surface area (Å²) in [5, 5.41) is 27.2. The molecular formula is C22H29N3O4. The van der Waals surface area contributed by atoms with Gasteiger partial charge in [0.05, 0.1) is 16.8 Å². The number of nitrogens with zero attached hydrogens (tertiary/aromatic N) is 2.